The van der Waals surface area contributed by atoms with Gasteiger partial charge in [-0.1, -0.05) is 37.6 Å². The second-order valence-electron chi connectivity index (χ2n) is 9.88. The van der Waals surface area contributed by atoms with Crippen molar-refractivity contribution in [1.82, 2.24) is 5.32 Å². The van der Waals surface area contributed by atoms with Crippen molar-refractivity contribution in [2.45, 2.75) is 52.3 Å². The number of Topliss-reactive ketones (excluding diaryl/α,β-unsaturated/α-hetero) is 1. The first kappa shape index (κ1) is 25.0. The number of amides is 2. The Balaban J connectivity index is 1.96. The minimum atomic E-state index is -5.29. The fourth-order valence-corrected chi connectivity index (χ4v) is 4.95. The van der Waals surface area contributed by atoms with Gasteiger partial charge in [0, 0.05) is 28.4 Å². The minimum Gasteiger partial charge on any atom is -0.326 e. The van der Waals surface area contributed by atoms with E-state index < -0.39 is 40.3 Å². The fourth-order valence-electron chi connectivity index (χ4n) is 4.76. The van der Waals surface area contributed by atoms with E-state index in [4.69, 9.17) is 11.6 Å². The zero-order valence-electron chi connectivity index (χ0n) is 19.6. The minimum absolute atomic E-state index is 0.0387. The monoisotopic (exact) mass is 504 g/mol. The van der Waals surface area contributed by atoms with E-state index in [1.807, 2.05) is 12.2 Å². The van der Waals surface area contributed by atoms with Gasteiger partial charge in [-0.25, -0.2) is 0 Å². The van der Waals surface area contributed by atoms with Crippen LogP contribution in [-0.4, -0.2) is 29.3 Å². The van der Waals surface area contributed by atoms with Crippen LogP contribution in [0.5, 0.6) is 0 Å². The summed E-state index contributed by atoms with van der Waals surface area (Å²) in [7, 11) is 0. The van der Waals surface area contributed by atoms with Crippen LogP contribution in [0.1, 0.15) is 48.2 Å². The van der Waals surface area contributed by atoms with Crippen molar-refractivity contribution in [3.8, 4) is 0 Å². The van der Waals surface area contributed by atoms with Crippen LogP contribution in [-0.2, 0) is 9.59 Å². The molecule has 1 atom stereocenters. The molecule has 1 aliphatic heterocycles. The molecule has 0 saturated heterocycles. The Morgan fingerprint density at radius 3 is 2.31 bits per heavy atom. The second kappa shape index (κ2) is 8.22. The Bertz CT molecular complexity index is 1300. The maximum absolute atomic E-state index is 14.9. The van der Waals surface area contributed by atoms with E-state index in [9.17, 15) is 27.6 Å². The molecule has 1 N–H and O–H groups in total. The highest BCUT2D eigenvalue weighted by Gasteiger charge is 2.72. The largest absolute Gasteiger partial charge is 0.425 e. The van der Waals surface area contributed by atoms with Crippen molar-refractivity contribution in [2.24, 2.45) is 5.41 Å². The van der Waals surface area contributed by atoms with Crippen LogP contribution in [0.3, 0.4) is 0 Å². The van der Waals surface area contributed by atoms with Crippen molar-refractivity contribution in [2.75, 3.05) is 4.90 Å². The summed E-state index contributed by atoms with van der Waals surface area (Å²) in [6.07, 6.45) is -5.42. The molecule has 1 aliphatic carbocycles. The number of anilines is 1. The van der Waals surface area contributed by atoms with Gasteiger partial charge in [-0.2, -0.15) is 13.2 Å². The maximum Gasteiger partial charge on any atom is 0.425 e. The third kappa shape index (κ3) is 4.03. The van der Waals surface area contributed by atoms with Gasteiger partial charge in [0.15, 0.2) is 5.78 Å². The second-order valence-corrected chi connectivity index (χ2v) is 10.3. The van der Waals surface area contributed by atoms with E-state index in [1.54, 1.807) is 39.0 Å². The highest BCUT2D eigenvalue weighted by atomic mass is 35.5. The number of hydrogen-bond donors (Lipinski definition) is 1. The van der Waals surface area contributed by atoms with Crippen molar-refractivity contribution in [3.05, 3.63) is 75.4 Å². The molecule has 4 rings (SSSR count). The lowest BCUT2D eigenvalue weighted by Gasteiger charge is -2.35. The highest BCUT2D eigenvalue weighted by molar-refractivity contribution is 6.31. The summed E-state index contributed by atoms with van der Waals surface area (Å²) < 4.78 is 44.7. The van der Waals surface area contributed by atoms with E-state index in [0.717, 1.165) is 16.0 Å². The normalized spacial score (nSPS) is 21.9. The Morgan fingerprint density at radius 2 is 1.71 bits per heavy atom. The molecule has 2 aliphatic rings. The van der Waals surface area contributed by atoms with E-state index >= 15 is 0 Å². The number of alkyl halides is 3. The molecular formula is C26H24ClF3N2O3. The summed E-state index contributed by atoms with van der Waals surface area (Å²) in [5.41, 5.74) is -3.24. The number of carbonyl (C=O) groups is 3. The van der Waals surface area contributed by atoms with Gasteiger partial charge in [0.05, 0.1) is 5.57 Å². The number of rotatable bonds is 3. The summed E-state index contributed by atoms with van der Waals surface area (Å²) >= 11 is 5.91. The van der Waals surface area contributed by atoms with Crippen molar-refractivity contribution >= 4 is 34.9 Å². The van der Waals surface area contributed by atoms with Gasteiger partial charge in [-0.05, 0) is 67.1 Å². The Morgan fingerprint density at radius 1 is 1.03 bits per heavy atom. The predicted octanol–water partition coefficient (Wildman–Crippen LogP) is 5.68. The van der Waals surface area contributed by atoms with Crippen LogP contribution in [0, 0.1) is 19.3 Å². The highest BCUT2D eigenvalue weighted by Crippen LogP contribution is 2.53. The van der Waals surface area contributed by atoms with Crippen molar-refractivity contribution in [3.63, 3.8) is 0 Å². The number of ketones is 1. The van der Waals surface area contributed by atoms with Crippen LogP contribution in [0.4, 0.5) is 18.9 Å². The first-order valence-electron chi connectivity index (χ1n) is 11.0. The molecule has 0 spiro atoms. The number of hydrogen-bond acceptors (Lipinski definition) is 3. The molecule has 0 bridgehead atoms. The molecule has 1 unspecified atom stereocenters. The third-order valence-electron chi connectivity index (χ3n) is 6.58. The summed E-state index contributed by atoms with van der Waals surface area (Å²) in [4.78, 5) is 41.0. The number of nitrogens with zero attached hydrogens (tertiary/aromatic N) is 1. The van der Waals surface area contributed by atoms with Crippen LogP contribution >= 0.6 is 11.6 Å². The Hall–Kier alpha value is -3.13. The maximum atomic E-state index is 14.9. The number of allylic oxidation sites excluding steroid dienone is 1. The number of aryl methyl sites for hydroxylation is 2. The SMILES string of the molecule is Cc1ccc(N2C(=O)C(NC(=O)c3cccc(Cl)c3)(C(F)(F)F)C3=C2CC(C)(C)CC3=O)cc1C. The van der Waals surface area contributed by atoms with Gasteiger partial charge < -0.3 is 5.32 Å². The molecule has 2 amide bonds. The van der Waals surface area contributed by atoms with Crippen LogP contribution in [0.2, 0.25) is 5.02 Å². The lowest BCUT2D eigenvalue weighted by atomic mass is 9.72. The zero-order chi connectivity index (χ0) is 25.9. The van der Waals surface area contributed by atoms with E-state index in [-0.39, 0.29) is 34.8 Å². The Labute approximate surface area is 205 Å². The van der Waals surface area contributed by atoms with E-state index in [2.05, 4.69) is 0 Å². The molecular weight excluding hydrogens is 481 g/mol. The molecule has 5 nitrogen and oxygen atoms in total. The number of halogens is 4. The average Bonchev–Trinajstić information content (AvgIpc) is 2.97. The molecule has 0 aromatic heterocycles. The molecule has 2 aromatic rings. The number of benzene rings is 2. The van der Waals surface area contributed by atoms with Gasteiger partial charge in [-0.15, -0.1) is 0 Å². The predicted molar refractivity (Wildman–Crippen MR) is 126 cm³/mol. The van der Waals surface area contributed by atoms with Gasteiger partial charge in [-0.3, -0.25) is 19.3 Å². The number of nitrogens with one attached hydrogen (secondary N) is 1. The standard InChI is InChI=1S/C26H24ClF3N2O3/c1-14-8-9-18(10-15(14)2)32-19-12-24(3,4)13-20(33)21(19)25(23(32)35,26(28,29)30)31-22(34)16-6-5-7-17(27)11-16/h5-11H,12-13H2,1-4H3,(H,31,34). The lowest BCUT2D eigenvalue weighted by molar-refractivity contribution is -0.186. The summed E-state index contributed by atoms with van der Waals surface area (Å²) in [6.45, 7) is 7.14. The van der Waals surface area contributed by atoms with Gasteiger partial charge >= 0.3 is 6.18 Å². The molecule has 0 radical (unpaired) electrons. The summed E-state index contributed by atoms with van der Waals surface area (Å²) in [5, 5.41) is 2.06. The van der Waals surface area contributed by atoms with Gasteiger partial charge in [0.2, 0.25) is 5.54 Å². The molecule has 9 heteroatoms. The van der Waals surface area contributed by atoms with Crippen molar-refractivity contribution in [1.29, 1.82) is 0 Å². The molecule has 184 valence electrons. The third-order valence-corrected chi connectivity index (χ3v) is 6.82. The Kier molecular flexibility index (Phi) is 5.87. The molecule has 35 heavy (non-hydrogen) atoms. The summed E-state index contributed by atoms with van der Waals surface area (Å²) in [6, 6.07) is 10.2. The quantitative estimate of drug-likeness (QED) is 0.585. The first-order chi connectivity index (χ1) is 16.2. The summed E-state index contributed by atoms with van der Waals surface area (Å²) in [5.74, 6) is -3.41. The fraction of sp³-hybridized carbons (Fsp3) is 0.346. The molecule has 1 heterocycles. The topological polar surface area (TPSA) is 66.5 Å². The van der Waals surface area contributed by atoms with E-state index in [0.29, 0.717) is 0 Å². The zero-order valence-corrected chi connectivity index (χ0v) is 20.4. The lowest BCUT2D eigenvalue weighted by Crippen LogP contribution is -2.66. The smallest absolute Gasteiger partial charge is 0.326 e. The first-order valence-corrected chi connectivity index (χ1v) is 11.4. The van der Waals surface area contributed by atoms with Crippen LogP contribution < -0.4 is 10.2 Å². The van der Waals surface area contributed by atoms with Crippen LogP contribution in [0.15, 0.2) is 53.7 Å². The van der Waals surface area contributed by atoms with Crippen LogP contribution in [0.25, 0.3) is 0 Å². The average molecular weight is 505 g/mol. The molecule has 2 aromatic carbocycles. The van der Waals surface area contributed by atoms with Crippen molar-refractivity contribution < 1.29 is 27.6 Å². The van der Waals surface area contributed by atoms with Gasteiger partial charge in [0.25, 0.3) is 11.8 Å². The molecule has 0 saturated carbocycles. The number of carbonyl (C=O) groups excluding carboxylic acids is 3. The van der Waals surface area contributed by atoms with Gasteiger partial charge in [0.1, 0.15) is 0 Å². The van der Waals surface area contributed by atoms with E-state index in [1.165, 1.54) is 24.3 Å². The molecule has 0 fully saturated rings.